The van der Waals surface area contributed by atoms with Crippen molar-refractivity contribution in [3.05, 3.63) is 25.3 Å². The summed E-state index contributed by atoms with van der Waals surface area (Å²) in [5.41, 5.74) is -0.860. The van der Waals surface area contributed by atoms with Gasteiger partial charge in [-0.05, 0) is 0 Å². The number of aliphatic hydroxyl groups excluding tert-OH is 1. The van der Waals surface area contributed by atoms with Crippen LogP contribution in [-0.2, 0) is 0 Å². The summed E-state index contributed by atoms with van der Waals surface area (Å²) >= 11 is 33.9. The average Bonchev–Trinajstić information content (AvgIpc) is 2.31. The lowest BCUT2D eigenvalue weighted by atomic mass is 9.81. The summed E-state index contributed by atoms with van der Waals surface area (Å²) in [7, 11) is 0. The van der Waals surface area contributed by atoms with Crippen LogP contribution in [0.2, 0.25) is 0 Å². The molecule has 0 fully saturated rings. The summed E-state index contributed by atoms with van der Waals surface area (Å²) in [4.78, 5) is 0. The lowest BCUT2D eigenvalue weighted by Crippen LogP contribution is -2.44. The van der Waals surface area contributed by atoms with E-state index in [1.807, 2.05) is 0 Å². The number of nitrogens with one attached hydrogen (secondary N) is 2. The molecule has 0 aromatic carbocycles. The first-order valence-electron chi connectivity index (χ1n) is 5.12. The van der Waals surface area contributed by atoms with Gasteiger partial charge in [-0.2, -0.15) is 0 Å². The van der Waals surface area contributed by atoms with Crippen LogP contribution in [0.3, 0.4) is 0 Å². The van der Waals surface area contributed by atoms with Crippen LogP contribution in [0.25, 0.3) is 0 Å². The van der Waals surface area contributed by atoms with Gasteiger partial charge in [0.1, 0.15) is 0 Å². The van der Waals surface area contributed by atoms with Crippen LogP contribution in [-0.4, -0.2) is 30.2 Å². The van der Waals surface area contributed by atoms with E-state index in [2.05, 4.69) is 13.2 Å². The molecule has 3 N–H and O–H groups in total. The molecule has 1 unspecified atom stereocenters. The molecule has 20 heavy (non-hydrogen) atoms. The van der Waals surface area contributed by atoms with E-state index in [4.69, 9.17) is 80.4 Å². The first-order valence-corrected chi connectivity index (χ1v) is 7.39. The molecule has 0 bridgehead atoms. The number of allylic oxidation sites excluding steroid dienone is 1. The van der Waals surface area contributed by atoms with Crippen LogP contribution in [0, 0.1) is 22.7 Å². The third-order valence-electron chi connectivity index (χ3n) is 2.53. The SMILES string of the molecule is C=CC(O)[C@H](C(=N)C(Cl)(Cl)Cl)[C@@H](C=C)C(=N)C(Cl)(Cl)Cl. The number of aliphatic hydroxyl groups is 1. The van der Waals surface area contributed by atoms with Crippen LogP contribution in [0.5, 0.6) is 0 Å². The van der Waals surface area contributed by atoms with Crippen LogP contribution in [0.4, 0.5) is 0 Å². The zero-order chi connectivity index (χ0) is 16.3. The number of halogens is 6. The Labute approximate surface area is 147 Å². The van der Waals surface area contributed by atoms with Crippen LogP contribution in [0.15, 0.2) is 25.3 Å². The first-order chi connectivity index (χ1) is 8.87. The van der Waals surface area contributed by atoms with Crippen LogP contribution < -0.4 is 0 Å². The highest BCUT2D eigenvalue weighted by atomic mass is 35.6. The van der Waals surface area contributed by atoms with Gasteiger partial charge in [-0.3, -0.25) is 0 Å². The number of hydrogen-bond donors (Lipinski definition) is 3. The molecular formula is C11H12Cl6N2O. The van der Waals surface area contributed by atoms with Gasteiger partial charge < -0.3 is 15.9 Å². The molecule has 114 valence electrons. The maximum atomic E-state index is 9.96. The molecule has 0 rings (SSSR count). The van der Waals surface area contributed by atoms with Crippen LogP contribution in [0.1, 0.15) is 0 Å². The van der Waals surface area contributed by atoms with Crippen molar-refractivity contribution < 1.29 is 5.11 Å². The Bertz CT molecular complexity index is 412. The van der Waals surface area contributed by atoms with E-state index in [9.17, 15) is 5.11 Å². The van der Waals surface area contributed by atoms with E-state index in [0.717, 1.165) is 6.08 Å². The largest absolute Gasteiger partial charge is 0.388 e. The summed E-state index contributed by atoms with van der Waals surface area (Å²) in [5.74, 6) is -2.15. The van der Waals surface area contributed by atoms with Gasteiger partial charge in [0, 0.05) is 11.8 Å². The lowest BCUT2D eigenvalue weighted by molar-refractivity contribution is 0.175. The summed E-state index contributed by atoms with van der Waals surface area (Å²) < 4.78 is -4.12. The third-order valence-corrected chi connectivity index (χ3v) is 3.75. The van der Waals surface area contributed by atoms with Gasteiger partial charge in [0.05, 0.1) is 17.5 Å². The lowest BCUT2D eigenvalue weighted by Gasteiger charge is -2.33. The van der Waals surface area contributed by atoms with E-state index in [0.29, 0.717) is 0 Å². The van der Waals surface area contributed by atoms with Crippen molar-refractivity contribution in [2.75, 3.05) is 0 Å². The second-order valence-corrected chi connectivity index (χ2v) is 8.40. The van der Waals surface area contributed by atoms with Gasteiger partial charge in [-0.15, -0.1) is 13.2 Å². The van der Waals surface area contributed by atoms with E-state index >= 15 is 0 Å². The molecule has 3 nitrogen and oxygen atoms in total. The zero-order valence-electron chi connectivity index (χ0n) is 10.0. The standard InChI is InChI=1S/C11H12Cl6N2O/c1-3-5(8(18)10(12,13)14)7(6(20)4-2)9(19)11(15,16)17/h3-7,18-20H,1-2H2/t5-,6?,7-/m1/s1. The highest BCUT2D eigenvalue weighted by Crippen LogP contribution is 2.39. The molecule has 0 heterocycles. The summed E-state index contributed by atoms with van der Waals surface area (Å²) in [6.45, 7) is 6.91. The molecule has 9 heteroatoms. The van der Waals surface area contributed by atoms with Gasteiger partial charge >= 0.3 is 0 Å². The van der Waals surface area contributed by atoms with E-state index in [1.54, 1.807) is 0 Å². The predicted octanol–water partition coefficient (Wildman–Crippen LogP) is 4.73. The minimum atomic E-state index is -2.08. The predicted molar refractivity (Wildman–Crippen MR) is 89.4 cm³/mol. The Morgan fingerprint density at radius 1 is 0.900 bits per heavy atom. The summed E-state index contributed by atoms with van der Waals surface area (Å²) in [6, 6.07) is 0. The van der Waals surface area contributed by atoms with E-state index < -0.39 is 36.9 Å². The fourth-order valence-corrected chi connectivity index (χ4v) is 2.29. The third kappa shape index (κ3) is 5.38. The Balaban J connectivity index is 5.74. The molecule has 0 saturated heterocycles. The van der Waals surface area contributed by atoms with E-state index in [-0.39, 0.29) is 0 Å². The zero-order valence-corrected chi connectivity index (χ0v) is 14.6. The smallest absolute Gasteiger partial charge is 0.228 e. The van der Waals surface area contributed by atoms with Gasteiger partial charge in [-0.1, -0.05) is 81.8 Å². The maximum absolute atomic E-state index is 9.96. The van der Waals surface area contributed by atoms with Crippen molar-refractivity contribution in [2.24, 2.45) is 11.8 Å². The Morgan fingerprint density at radius 3 is 1.55 bits per heavy atom. The minimum Gasteiger partial charge on any atom is -0.388 e. The number of hydrogen-bond acceptors (Lipinski definition) is 3. The molecule has 0 saturated carbocycles. The molecule has 0 radical (unpaired) electrons. The minimum absolute atomic E-state index is 0.401. The topological polar surface area (TPSA) is 67.9 Å². The fraction of sp³-hybridized carbons (Fsp3) is 0.455. The normalized spacial score (nSPS) is 16.9. The second kappa shape index (κ2) is 7.68. The quantitative estimate of drug-likeness (QED) is 0.336. The van der Waals surface area contributed by atoms with Crippen molar-refractivity contribution in [2.45, 2.75) is 13.7 Å². The number of alkyl halides is 6. The molecule has 0 aromatic heterocycles. The van der Waals surface area contributed by atoms with Crippen molar-refractivity contribution in [3.8, 4) is 0 Å². The average molecular weight is 401 g/mol. The van der Waals surface area contributed by atoms with Gasteiger partial charge in [0.2, 0.25) is 7.59 Å². The highest BCUT2D eigenvalue weighted by Gasteiger charge is 2.44. The first kappa shape index (κ1) is 20.5. The molecular weight excluding hydrogens is 389 g/mol. The number of rotatable bonds is 6. The van der Waals surface area contributed by atoms with Gasteiger partial charge in [-0.25, -0.2) is 0 Å². The summed E-state index contributed by atoms with van der Waals surface area (Å²) in [5, 5.41) is 25.7. The molecule has 0 aromatic rings. The van der Waals surface area contributed by atoms with Crippen molar-refractivity contribution in [3.63, 3.8) is 0 Å². The van der Waals surface area contributed by atoms with Crippen LogP contribution >= 0.6 is 69.6 Å². The molecule has 0 amide bonds. The van der Waals surface area contributed by atoms with Gasteiger partial charge in [0.15, 0.2) is 0 Å². The molecule has 3 atom stereocenters. The molecule has 0 spiro atoms. The Morgan fingerprint density at radius 2 is 1.30 bits per heavy atom. The van der Waals surface area contributed by atoms with Crippen molar-refractivity contribution >= 4 is 81.0 Å². The van der Waals surface area contributed by atoms with E-state index in [1.165, 1.54) is 6.08 Å². The molecule has 0 aliphatic carbocycles. The van der Waals surface area contributed by atoms with Crippen molar-refractivity contribution in [1.82, 2.24) is 0 Å². The molecule has 0 aliphatic heterocycles. The van der Waals surface area contributed by atoms with Gasteiger partial charge in [0.25, 0.3) is 0 Å². The highest BCUT2D eigenvalue weighted by molar-refractivity contribution is 6.78. The summed E-state index contributed by atoms with van der Waals surface area (Å²) in [6.07, 6.45) is 1.10. The molecule has 0 aliphatic rings. The Kier molecular flexibility index (Phi) is 7.88. The maximum Gasteiger partial charge on any atom is 0.228 e. The second-order valence-electron chi connectivity index (χ2n) is 3.84. The monoisotopic (exact) mass is 398 g/mol. The van der Waals surface area contributed by atoms with Crippen molar-refractivity contribution in [1.29, 1.82) is 10.8 Å². The Hall–Kier alpha value is 0.520. The fourth-order valence-electron chi connectivity index (χ4n) is 1.53.